The summed E-state index contributed by atoms with van der Waals surface area (Å²) in [5.41, 5.74) is 5.50. The van der Waals surface area contributed by atoms with Crippen molar-refractivity contribution in [3.05, 3.63) is 64.2 Å². The molecule has 0 spiro atoms. The molecule has 0 atom stereocenters. The predicted octanol–water partition coefficient (Wildman–Crippen LogP) is 5.32. The van der Waals surface area contributed by atoms with Crippen molar-refractivity contribution in [1.29, 1.82) is 5.26 Å². The maximum absolute atomic E-state index is 8.93. The molecule has 132 valence electrons. The highest BCUT2D eigenvalue weighted by Crippen LogP contribution is 2.48. The third-order valence-corrected chi connectivity index (χ3v) is 5.48. The largest absolute Gasteiger partial charge is 0.497 e. The molecule has 0 N–H and O–H groups in total. The Labute approximate surface area is 156 Å². The molecule has 0 fully saturated rings. The Morgan fingerprint density at radius 2 is 1.50 bits per heavy atom. The standard InChI is InChI=1S/C24H25NO/c1-23(2)12-13-24(3,4)22-19(14-20(26-5)15-21(22)23)11-10-17-6-8-18(16-25)9-7-17/h6-9,14-15H,12-13H2,1-5H3. The fourth-order valence-electron chi connectivity index (χ4n) is 3.75. The molecule has 0 saturated carbocycles. The van der Waals surface area contributed by atoms with E-state index in [0.29, 0.717) is 5.56 Å². The van der Waals surface area contributed by atoms with E-state index in [4.69, 9.17) is 10.00 Å². The summed E-state index contributed by atoms with van der Waals surface area (Å²) >= 11 is 0. The molecular weight excluding hydrogens is 318 g/mol. The highest BCUT2D eigenvalue weighted by Gasteiger charge is 2.38. The van der Waals surface area contributed by atoms with Gasteiger partial charge in [-0.25, -0.2) is 0 Å². The second-order valence-electron chi connectivity index (χ2n) is 8.30. The third kappa shape index (κ3) is 3.33. The van der Waals surface area contributed by atoms with E-state index in [1.54, 1.807) is 19.2 Å². The van der Waals surface area contributed by atoms with Gasteiger partial charge in [-0.15, -0.1) is 0 Å². The quantitative estimate of drug-likeness (QED) is 0.657. The number of rotatable bonds is 1. The van der Waals surface area contributed by atoms with Gasteiger partial charge in [0.05, 0.1) is 18.7 Å². The molecule has 2 aromatic carbocycles. The number of ether oxygens (including phenoxy) is 1. The van der Waals surface area contributed by atoms with E-state index in [2.05, 4.69) is 57.7 Å². The third-order valence-electron chi connectivity index (χ3n) is 5.48. The molecule has 0 saturated heterocycles. The summed E-state index contributed by atoms with van der Waals surface area (Å²) in [5.74, 6) is 7.51. The zero-order chi connectivity index (χ0) is 18.9. The summed E-state index contributed by atoms with van der Waals surface area (Å²) in [6.45, 7) is 9.22. The van der Waals surface area contributed by atoms with Crippen molar-refractivity contribution in [1.82, 2.24) is 0 Å². The molecule has 26 heavy (non-hydrogen) atoms. The fourth-order valence-corrected chi connectivity index (χ4v) is 3.75. The summed E-state index contributed by atoms with van der Waals surface area (Å²) in [4.78, 5) is 0. The van der Waals surface area contributed by atoms with Crippen LogP contribution in [0.5, 0.6) is 5.75 Å². The van der Waals surface area contributed by atoms with Gasteiger partial charge in [0, 0.05) is 11.1 Å². The second kappa shape index (κ2) is 6.54. The minimum Gasteiger partial charge on any atom is -0.497 e. The van der Waals surface area contributed by atoms with Crippen molar-refractivity contribution in [3.8, 4) is 23.7 Å². The molecule has 0 aromatic heterocycles. The van der Waals surface area contributed by atoms with Crippen LogP contribution in [0, 0.1) is 23.2 Å². The van der Waals surface area contributed by atoms with Crippen LogP contribution in [-0.4, -0.2) is 7.11 Å². The Balaban J connectivity index is 2.16. The van der Waals surface area contributed by atoms with E-state index in [1.165, 1.54) is 11.1 Å². The van der Waals surface area contributed by atoms with Crippen LogP contribution in [0.3, 0.4) is 0 Å². The number of nitriles is 1. The van der Waals surface area contributed by atoms with Crippen LogP contribution in [0.15, 0.2) is 36.4 Å². The van der Waals surface area contributed by atoms with Crippen molar-refractivity contribution in [2.24, 2.45) is 0 Å². The minimum absolute atomic E-state index is 0.0891. The first-order valence-electron chi connectivity index (χ1n) is 9.02. The predicted molar refractivity (Wildman–Crippen MR) is 105 cm³/mol. The van der Waals surface area contributed by atoms with Gasteiger partial charge in [-0.05, 0) is 71.2 Å². The smallest absolute Gasteiger partial charge is 0.120 e. The van der Waals surface area contributed by atoms with Crippen molar-refractivity contribution >= 4 is 0 Å². The fraction of sp³-hybridized carbons (Fsp3) is 0.375. The number of benzene rings is 2. The lowest BCUT2D eigenvalue weighted by atomic mass is 9.62. The van der Waals surface area contributed by atoms with E-state index in [-0.39, 0.29) is 10.8 Å². The van der Waals surface area contributed by atoms with Crippen LogP contribution in [0.25, 0.3) is 0 Å². The maximum atomic E-state index is 8.93. The molecule has 0 heterocycles. The van der Waals surface area contributed by atoms with Gasteiger partial charge >= 0.3 is 0 Å². The molecule has 0 bridgehead atoms. The van der Waals surface area contributed by atoms with E-state index < -0.39 is 0 Å². The number of hydrogen-bond acceptors (Lipinski definition) is 2. The Hall–Kier alpha value is -2.71. The molecule has 0 unspecified atom stereocenters. The van der Waals surface area contributed by atoms with Crippen LogP contribution in [0.4, 0.5) is 0 Å². The SMILES string of the molecule is COc1cc(C#Cc2ccc(C#N)cc2)c2c(c1)C(C)(C)CCC2(C)C. The first-order chi connectivity index (χ1) is 12.3. The van der Waals surface area contributed by atoms with Gasteiger partial charge in [-0.2, -0.15) is 5.26 Å². The molecule has 2 nitrogen and oxygen atoms in total. The van der Waals surface area contributed by atoms with E-state index in [9.17, 15) is 0 Å². The Morgan fingerprint density at radius 1 is 0.885 bits per heavy atom. The second-order valence-corrected chi connectivity index (χ2v) is 8.30. The first-order valence-corrected chi connectivity index (χ1v) is 9.02. The number of nitrogens with zero attached hydrogens (tertiary/aromatic N) is 1. The lowest BCUT2D eigenvalue weighted by molar-refractivity contribution is 0.328. The average molecular weight is 343 g/mol. The molecule has 1 aliphatic rings. The molecule has 2 heteroatoms. The van der Waals surface area contributed by atoms with Gasteiger partial charge in [0.1, 0.15) is 5.75 Å². The number of methoxy groups -OCH3 is 1. The maximum Gasteiger partial charge on any atom is 0.120 e. The van der Waals surface area contributed by atoms with Crippen molar-refractivity contribution < 1.29 is 4.74 Å². The summed E-state index contributed by atoms with van der Waals surface area (Å²) in [6.07, 6.45) is 2.30. The first kappa shape index (κ1) is 18.1. The highest BCUT2D eigenvalue weighted by molar-refractivity contribution is 5.58. The zero-order valence-electron chi connectivity index (χ0n) is 16.2. The van der Waals surface area contributed by atoms with Gasteiger partial charge in [0.15, 0.2) is 0 Å². The van der Waals surface area contributed by atoms with Crippen molar-refractivity contribution in [2.45, 2.75) is 51.4 Å². The van der Waals surface area contributed by atoms with Crippen LogP contribution in [0.1, 0.15) is 68.4 Å². The Kier molecular flexibility index (Phi) is 4.55. The van der Waals surface area contributed by atoms with Gasteiger partial charge in [0.25, 0.3) is 0 Å². The van der Waals surface area contributed by atoms with Crippen LogP contribution < -0.4 is 4.74 Å². The zero-order valence-corrected chi connectivity index (χ0v) is 16.2. The molecule has 3 rings (SSSR count). The average Bonchev–Trinajstić information content (AvgIpc) is 2.63. The molecule has 0 radical (unpaired) electrons. The van der Waals surface area contributed by atoms with Gasteiger partial charge in [-0.3, -0.25) is 0 Å². The Bertz CT molecular complexity index is 931. The Morgan fingerprint density at radius 3 is 2.12 bits per heavy atom. The van der Waals surface area contributed by atoms with E-state index in [1.807, 2.05) is 12.1 Å². The van der Waals surface area contributed by atoms with Gasteiger partial charge < -0.3 is 4.74 Å². The lowest BCUT2D eigenvalue weighted by Crippen LogP contribution is -2.34. The van der Waals surface area contributed by atoms with Crippen molar-refractivity contribution in [2.75, 3.05) is 7.11 Å². The molecule has 0 aliphatic heterocycles. The highest BCUT2D eigenvalue weighted by atomic mass is 16.5. The monoisotopic (exact) mass is 343 g/mol. The van der Waals surface area contributed by atoms with E-state index >= 15 is 0 Å². The molecular formula is C24H25NO. The molecule has 0 amide bonds. The van der Waals surface area contributed by atoms with Crippen LogP contribution in [-0.2, 0) is 10.8 Å². The summed E-state index contributed by atoms with van der Waals surface area (Å²) in [7, 11) is 1.71. The van der Waals surface area contributed by atoms with Crippen LogP contribution in [0.2, 0.25) is 0 Å². The topological polar surface area (TPSA) is 33.0 Å². The van der Waals surface area contributed by atoms with Crippen LogP contribution >= 0.6 is 0 Å². The summed E-state index contributed by atoms with van der Waals surface area (Å²) in [5, 5.41) is 8.93. The molecule has 1 aliphatic carbocycles. The normalized spacial score (nSPS) is 16.6. The lowest BCUT2D eigenvalue weighted by Gasteiger charge is -2.42. The van der Waals surface area contributed by atoms with Gasteiger partial charge in [-0.1, -0.05) is 39.5 Å². The van der Waals surface area contributed by atoms with Gasteiger partial charge in [0.2, 0.25) is 0 Å². The summed E-state index contributed by atoms with van der Waals surface area (Å²) in [6, 6.07) is 13.8. The van der Waals surface area contributed by atoms with E-state index in [0.717, 1.165) is 29.7 Å². The molecule has 2 aromatic rings. The minimum atomic E-state index is 0.0891. The summed E-state index contributed by atoms with van der Waals surface area (Å²) < 4.78 is 5.56. The number of hydrogen-bond donors (Lipinski definition) is 0. The number of fused-ring (bicyclic) bond motifs is 1. The van der Waals surface area contributed by atoms with Crippen molar-refractivity contribution in [3.63, 3.8) is 0 Å².